The number of methoxy groups -OCH3 is 1. The minimum Gasteiger partial charge on any atom is -0.481 e. The lowest BCUT2D eigenvalue weighted by molar-refractivity contribution is 0.0648. The average molecular weight is 385 g/mol. The second-order valence-electron chi connectivity index (χ2n) is 5.74. The number of nitrogens with zero attached hydrogens (tertiary/aromatic N) is 4. The van der Waals surface area contributed by atoms with E-state index in [0.717, 1.165) is 35.3 Å². The number of carbonyl (C=O) groups is 1. The Hall–Kier alpha value is -2.74. The monoisotopic (exact) mass is 385 g/mol. The molecule has 0 radical (unpaired) electrons. The van der Waals surface area contributed by atoms with Crippen molar-refractivity contribution in [3.8, 4) is 5.88 Å². The molecular weight excluding hydrogens is 362 g/mol. The molecule has 0 saturated carbocycles. The number of pyridine rings is 1. The van der Waals surface area contributed by atoms with Gasteiger partial charge in [0.1, 0.15) is 0 Å². The zero-order chi connectivity index (χ0) is 19.2. The van der Waals surface area contributed by atoms with E-state index in [1.807, 2.05) is 36.3 Å². The molecule has 0 atom stereocenters. The van der Waals surface area contributed by atoms with Crippen molar-refractivity contribution < 1.29 is 9.53 Å². The Labute approximate surface area is 162 Å². The Bertz CT molecular complexity index is 906. The number of ether oxygens (including phenoxy) is 1. The summed E-state index contributed by atoms with van der Waals surface area (Å²) in [6.07, 6.45) is 2.79. The molecule has 3 aromatic rings. The van der Waals surface area contributed by atoms with Crippen molar-refractivity contribution in [1.82, 2.24) is 19.9 Å². The summed E-state index contributed by atoms with van der Waals surface area (Å²) in [4.78, 5) is 27.6. The van der Waals surface area contributed by atoms with Crippen LogP contribution in [0.3, 0.4) is 0 Å². The normalized spacial score (nSPS) is 12.8. The van der Waals surface area contributed by atoms with Gasteiger partial charge in [-0.3, -0.25) is 4.79 Å². The Balaban J connectivity index is 0.00000102. The van der Waals surface area contributed by atoms with Gasteiger partial charge in [0.2, 0.25) is 11.8 Å². The van der Waals surface area contributed by atoms with Gasteiger partial charge >= 0.3 is 0 Å². The van der Waals surface area contributed by atoms with Crippen molar-refractivity contribution in [2.45, 2.75) is 26.8 Å². The standard InChI is InChI=1S/C17H17N5O2S.C2H6/c1-24-13-4-3-11(9-18-13)10-19-17-20-12-5-8-25-15(12)14(21-17)16(23)22-6-2-7-22;1-2/h3-5,8-9H,2,6-7,10H2,1H3,(H,19,20,21);1-2H3. The Morgan fingerprint density at radius 2 is 2.07 bits per heavy atom. The van der Waals surface area contributed by atoms with Crippen LogP contribution in [0.25, 0.3) is 10.2 Å². The number of likely N-dealkylation sites (tertiary alicyclic amines) is 1. The molecule has 27 heavy (non-hydrogen) atoms. The summed E-state index contributed by atoms with van der Waals surface area (Å²) in [7, 11) is 1.58. The molecule has 8 heteroatoms. The fourth-order valence-corrected chi connectivity index (χ4v) is 3.39. The van der Waals surface area contributed by atoms with Gasteiger partial charge in [0.05, 0.1) is 17.3 Å². The maximum Gasteiger partial charge on any atom is 0.274 e. The molecule has 0 bridgehead atoms. The number of hydrogen-bond donors (Lipinski definition) is 1. The van der Waals surface area contributed by atoms with Crippen LogP contribution in [0.5, 0.6) is 5.88 Å². The first kappa shape index (κ1) is 19.0. The molecule has 1 amide bonds. The maximum atomic E-state index is 12.6. The number of rotatable bonds is 5. The Morgan fingerprint density at radius 1 is 1.26 bits per heavy atom. The van der Waals surface area contributed by atoms with Crippen LogP contribution in [-0.4, -0.2) is 46.0 Å². The van der Waals surface area contributed by atoms with Crippen LogP contribution in [0.2, 0.25) is 0 Å². The van der Waals surface area contributed by atoms with Gasteiger partial charge in [-0.15, -0.1) is 11.3 Å². The lowest BCUT2D eigenvalue weighted by Gasteiger charge is -2.30. The van der Waals surface area contributed by atoms with Crippen LogP contribution in [0, 0.1) is 0 Å². The summed E-state index contributed by atoms with van der Waals surface area (Å²) in [5, 5.41) is 5.12. The predicted octanol–water partition coefficient (Wildman–Crippen LogP) is 3.58. The molecule has 0 unspecified atom stereocenters. The van der Waals surface area contributed by atoms with E-state index in [4.69, 9.17) is 4.74 Å². The summed E-state index contributed by atoms with van der Waals surface area (Å²) >= 11 is 1.50. The van der Waals surface area contributed by atoms with Crippen LogP contribution < -0.4 is 10.1 Å². The highest BCUT2D eigenvalue weighted by Gasteiger charge is 2.25. The minimum atomic E-state index is -0.0183. The second kappa shape index (κ2) is 8.77. The van der Waals surface area contributed by atoms with Crippen LogP contribution in [0.15, 0.2) is 29.8 Å². The second-order valence-corrected chi connectivity index (χ2v) is 6.66. The number of hydrogen-bond acceptors (Lipinski definition) is 7. The summed E-state index contributed by atoms with van der Waals surface area (Å²) in [5.74, 6) is 1.00. The van der Waals surface area contributed by atoms with Gasteiger partial charge in [0.15, 0.2) is 5.69 Å². The maximum absolute atomic E-state index is 12.6. The van der Waals surface area contributed by atoms with Crippen molar-refractivity contribution >= 4 is 33.4 Å². The third-order valence-corrected chi connectivity index (χ3v) is 5.02. The van der Waals surface area contributed by atoms with Gasteiger partial charge in [-0.05, 0) is 23.4 Å². The fourth-order valence-electron chi connectivity index (χ4n) is 2.57. The van der Waals surface area contributed by atoms with Crippen LogP contribution in [0.4, 0.5) is 5.95 Å². The average Bonchev–Trinajstić information content (AvgIpc) is 3.15. The molecule has 0 aliphatic carbocycles. The predicted molar refractivity (Wildman–Crippen MR) is 107 cm³/mol. The molecule has 1 aliphatic heterocycles. The minimum absolute atomic E-state index is 0.0183. The van der Waals surface area contributed by atoms with E-state index in [2.05, 4.69) is 20.3 Å². The quantitative estimate of drug-likeness (QED) is 0.723. The van der Waals surface area contributed by atoms with Crippen molar-refractivity contribution in [2.75, 3.05) is 25.5 Å². The first-order valence-corrected chi connectivity index (χ1v) is 9.90. The lowest BCUT2D eigenvalue weighted by Crippen LogP contribution is -2.42. The van der Waals surface area contributed by atoms with E-state index in [1.54, 1.807) is 19.4 Å². The zero-order valence-corrected chi connectivity index (χ0v) is 16.5. The zero-order valence-electron chi connectivity index (χ0n) is 15.7. The lowest BCUT2D eigenvalue weighted by atomic mass is 10.2. The number of anilines is 1. The number of thiophene rings is 1. The smallest absolute Gasteiger partial charge is 0.274 e. The largest absolute Gasteiger partial charge is 0.481 e. The molecule has 3 aromatic heterocycles. The van der Waals surface area contributed by atoms with Gasteiger partial charge in [0.25, 0.3) is 5.91 Å². The number of carbonyl (C=O) groups excluding carboxylic acids is 1. The molecule has 7 nitrogen and oxygen atoms in total. The fraction of sp³-hybridized carbons (Fsp3) is 0.368. The highest BCUT2D eigenvalue weighted by Crippen LogP contribution is 2.26. The van der Waals surface area contributed by atoms with Gasteiger partial charge in [-0.25, -0.2) is 15.0 Å². The number of aromatic nitrogens is 3. The molecule has 4 rings (SSSR count). The first-order valence-electron chi connectivity index (χ1n) is 9.02. The van der Waals surface area contributed by atoms with E-state index in [1.165, 1.54) is 11.3 Å². The Kier molecular flexibility index (Phi) is 6.18. The summed E-state index contributed by atoms with van der Waals surface area (Å²) < 4.78 is 5.90. The van der Waals surface area contributed by atoms with Crippen molar-refractivity contribution in [3.63, 3.8) is 0 Å². The molecule has 1 saturated heterocycles. The van der Waals surface area contributed by atoms with E-state index in [0.29, 0.717) is 24.1 Å². The van der Waals surface area contributed by atoms with Crippen molar-refractivity contribution in [3.05, 3.63) is 41.0 Å². The molecule has 0 spiro atoms. The van der Waals surface area contributed by atoms with E-state index >= 15 is 0 Å². The third kappa shape index (κ3) is 4.16. The number of nitrogens with one attached hydrogen (secondary N) is 1. The van der Waals surface area contributed by atoms with E-state index < -0.39 is 0 Å². The van der Waals surface area contributed by atoms with Gasteiger partial charge in [-0.2, -0.15) is 0 Å². The molecule has 4 heterocycles. The SMILES string of the molecule is CC.COc1ccc(CNc2nc(C(=O)N3CCC3)c3sccc3n2)cn1. The topological polar surface area (TPSA) is 80.2 Å². The molecule has 1 fully saturated rings. The molecule has 1 N–H and O–H groups in total. The third-order valence-electron chi connectivity index (χ3n) is 4.11. The molecular formula is C19H23N5O2S. The number of amides is 1. The van der Waals surface area contributed by atoms with Crippen LogP contribution in [0.1, 0.15) is 36.3 Å². The highest BCUT2D eigenvalue weighted by atomic mass is 32.1. The van der Waals surface area contributed by atoms with Crippen LogP contribution >= 0.6 is 11.3 Å². The van der Waals surface area contributed by atoms with E-state index in [9.17, 15) is 4.79 Å². The summed E-state index contributed by atoms with van der Waals surface area (Å²) in [6.45, 7) is 6.12. The van der Waals surface area contributed by atoms with Crippen molar-refractivity contribution in [1.29, 1.82) is 0 Å². The first-order chi connectivity index (χ1) is 13.2. The molecule has 142 valence electrons. The summed E-state index contributed by atoms with van der Waals surface area (Å²) in [6, 6.07) is 5.64. The Morgan fingerprint density at radius 3 is 2.70 bits per heavy atom. The summed E-state index contributed by atoms with van der Waals surface area (Å²) in [5.41, 5.74) is 2.25. The molecule has 1 aliphatic rings. The number of fused-ring (bicyclic) bond motifs is 1. The van der Waals surface area contributed by atoms with Gasteiger partial charge in [-0.1, -0.05) is 19.9 Å². The van der Waals surface area contributed by atoms with E-state index in [-0.39, 0.29) is 5.91 Å². The van der Waals surface area contributed by atoms with Crippen molar-refractivity contribution in [2.24, 2.45) is 0 Å². The van der Waals surface area contributed by atoms with Gasteiger partial charge < -0.3 is 15.0 Å². The molecule has 0 aromatic carbocycles. The highest BCUT2D eigenvalue weighted by molar-refractivity contribution is 7.17. The van der Waals surface area contributed by atoms with Crippen LogP contribution in [-0.2, 0) is 6.54 Å². The van der Waals surface area contributed by atoms with Gasteiger partial charge in [0, 0.05) is 31.9 Å².